The van der Waals surface area contributed by atoms with Crippen molar-refractivity contribution in [3.63, 3.8) is 0 Å². The van der Waals surface area contributed by atoms with Gasteiger partial charge < -0.3 is 0 Å². The van der Waals surface area contributed by atoms with Gasteiger partial charge in [0.25, 0.3) is 0 Å². The van der Waals surface area contributed by atoms with Crippen LogP contribution in [0.2, 0.25) is 0 Å². The molecule has 0 bridgehead atoms. The normalized spacial score (nSPS) is 20.9. The Morgan fingerprint density at radius 2 is 1.93 bits per heavy atom. The van der Waals surface area contributed by atoms with Crippen LogP contribution in [-0.4, -0.2) is 6.36 Å². The summed E-state index contributed by atoms with van der Waals surface area (Å²) in [5.74, 6) is 0. The average molecular weight is 202 g/mol. The minimum Gasteiger partial charge on any atom is -0.284 e. The number of benzene rings is 1. The van der Waals surface area contributed by atoms with E-state index < -0.39 is 12.5 Å². The van der Waals surface area contributed by atoms with Crippen LogP contribution in [0.5, 0.6) is 0 Å². The van der Waals surface area contributed by atoms with Gasteiger partial charge in [0.15, 0.2) is 0 Å². The lowest BCUT2D eigenvalue weighted by Crippen LogP contribution is -2.16. The van der Waals surface area contributed by atoms with Crippen LogP contribution in [0, 0.1) is 0 Å². The summed E-state index contributed by atoms with van der Waals surface area (Å²) in [7, 11) is 0. The molecule has 1 unspecified atom stereocenters. The maximum atomic E-state index is 12.0. The monoisotopic (exact) mass is 202 g/mol. The molecule has 0 heterocycles. The van der Waals surface area contributed by atoms with Crippen molar-refractivity contribution in [3.8, 4) is 0 Å². The summed E-state index contributed by atoms with van der Waals surface area (Å²) >= 11 is 0. The summed E-state index contributed by atoms with van der Waals surface area (Å²) in [6.07, 6.45) is -4.27. The number of halogens is 3. The molecule has 1 aromatic carbocycles. The molecule has 1 aliphatic carbocycles. The maximum Gasteiger partial charge on any atom is 0.523 e. The van der Waals surface area contributed by atoms with Crippen molar-refractivity contribution in [2.24, 2.45) is 0 Å². The van der Waals surface area contributed by atoms with Crippen molar-refractivity contribution >= 4 is 0 Å². The van der Waals surface area contributed by atoms with Crippen LogP contribution in [-0.2, 0) is 11.2 Å². The predicted molar refractivity (Wildman–Crippen MR) is 44.6 cm³/mol. The first-order chi connectivity index (χ1) is 6.56. The zero-order valence-electron chi connectivity index (χ0n) is 7.34. The molecule has 0 amide bonds. The second-order valence-electron chi connectivity index (χ2n) is 3.29. The highest BCUT2D eigenvalue weighted by atomic mass is 19.4. The smallest absolute Gasteiger partial charge is 0.284 e. The standard InChI is InChI=1S/C10H9F3O/c11-10(12,13)14-9-6-5-7-3-1-2-4-8(7)9/h1-4,9H,5-6H2. The van der Waals surface area contributed by atoms with E-state index in [1.165, 1.54) is 0 Å². The summed E-state index contributed by atoms with van der Waals surface area (Å²) in [6, 6.07) is 7.10. The molecule has 76 valence electrons. The molecule has 0 fully saturated rings. The van der Waals surface area contributed by atoms with Crippen LogP contribution in [0.25, 0.3) is 0 Å². The van der Waals surface area contributed by atoms with Gasteiger partial charge in [0.2, 0.25) is 0 Å². The quantitative estimate of drug-likeness (QED) is 0.679. The number of ether oxygens (including phenoxy) is 1. The zero-order chi connectivity index (χ0) is 10.2. The summed E-state index contributed by atoms with van der Waals surface area (Å²) < 4.78 is 40.0. The molecule has 1 aliphatic rings. The van der Waals surface area contributed by atoms with Gasteiger partial charge in [-0.3, -0.25) is 4.74 Å². The molecule has 0 aliphatic heterocycles. The Labute approximate surface area is 79.5 Å². The molecule has 1 aromatic rings. The van der Waals surface area contributed by atoms with Crippen LogP contribution in [0.3, 0.4) is 0 Å². The Bertz CT molecular complexity index is 332. The molecule has 14 heavy (non-hydrogen) atoms. The lowest BCUT2D eigenvalue weighted by atomic mass is 10.1. The van der Waals surface area contributed by atoms with E-state index in [2.05, 4.69) is 4.74 Å². The second-order valence-corrected chi connectivity index (χ2v) is 3.29. The minimum absolute atomic E-state index is 0.416. The van der Waals surface area contributed by atoms with Gasteiger partial charge in [-0.05, 0) is 24.0 Å². The van der Waals surface area contributed by atoms with Crippen molar-refractivity contribution in [2.75, 3.05) is 0 Å². The first-order valence-electron chi connectivity index (χ1n) is 4.38. The van der Waals surface area contributed by atoms with Crippen LogP contribution in [0.4, 0.5) is 13.2 Å². The third-order valence-corrected chi connectivity index (χ3v) is 2.35. The highest BCUT2D eigenvalue weighted by Gasteiger charge is 2.36. The van der Waals surface area contributed by atoms with Gasteiger partial charge in [0.1, 0.15) is 0 Å². The van der Waals surface area contributed by atoms with Crippen LogP contribution < -0.4 is 0 Å². The fourth-order valence-corrected chi connectivity index (χ4v) is 1.80. The van der Waals surface area contributed by atoms with Crippen molar-refractivity contribution in [2.45, 2.75) is 25.3 Å². The third kappa shape index (κ3) is 1.90. The molecule has 0 saturated heterocycles. The Kier molecular flexibility index (Phi) is 2.23. The molecule has 0 aromatic heterocycles. The molecule has 1 atom stereocenters. The number of fused-ring (bicyclic) bond motifs is 1. The zero-order valence-corrected chi connectivity index (χ0v) is 7.34. The molecule has 2 rings (SSSR count). The predicted octanol–water partition coefficient (Wildman–Crippen LogP) is 3.21. The van der Waals surface area contributed by atoms with Gasteiger partial charge in [-0.1, -0.05) is 24.3 Å². The van der Waals surface area contributed by atoms with E-state index in [1.807, 2.05) is 12.1 Å². The molecular weight excluding hydrogens is 193 g/mol. The van der Waals surface area contributed by atoms with E-state index >= 15 is 0 Å². The van der Waals surface area contributed by atoms with E-state index in [0.717, 1.165) is 5.56 Å². The highest BCUT2D eigenvalue weighted by molar-refractivity contribution is 5.33. The average Bonchev–Trinajstić information content (AvgIpc) is 2.47. The van der Waals surface area contributed by atoms with Gasteiger partial charge >= 0.3 is 6.36 Å². The summed E-state index contributed by atoms with van der Waals surface area (Å²) in [6.45, 7) is 0. The van der Waals surface area contributed by atoms with E-state index in [0.29, 0.717) is 18.4 Å². The summed E-state index contributed by atoms with van der Waals surface area (Å²) in [5, 5.41) is 0. The third-order valence-electron chi connectivity index (χ3n) is 2.35. The molecule has 1 nitrogen and oxygen atoms in total. The molecular formula is C10H9F3O. The maximum absolute atomic E-state index is 12.0. The Morgan fingerprint density at radius 1 is 1.21 bits per heavy atom. The minimum atomic E-state index is -4.54. The van der Waals surface area contributed by atoms with Crippen molar-refractivity contribution < 1.29 is 17.9 Å². The number of hydrogen-bond acceptors (Lipinski definition) is 1. The molecule has 0 radical (unpaired) electrons. The van der Waals surface area contributed by atoms with Gasteiger partial charge in [-0.25, -0.2) is 0 Å². The van der Waals surface area contributed by atoms with E-state index in [1.54, 1.807) is 12.1 Å². The first kappa shape index (κ1) is 9.52. The molecule has 4 heteroatoms. The Morgan fingerprint density at radius 3 is 2.64 bits per heavy atom. The number of alkyl halides is 3. The largest absolute Gasteiger partial charge is 0.523 e. The first-order valence-corrected chi connectivity index (χ1v) is 4.38. The van der Waals surface area contributed by atoms with Gasteiger partial charge in [0.05, 0.1) is 6.10 Å². The lowest BCUT2D eigenvalue weighted by Gasteiger charge is -2.14. The topological polar surface area (TPSA) is 9.23 Å². The molecule has 0 saturated carbocycles. The van der Waals surface area contributed by atoms with E-state index in [4.69, 9.17) is 0 Å². The van der Waals surface area contributed by atoms with Crippen molar-refractivity contribution in [1.82, 2.24) is 0 Å². The number of hydrogen-bond donors (Lipinski definition) is 0. The summed E-state index contributed by atoms with van der Waals surface area (Å²) in [4.78, 5) is 0. The van der Waals surface area contributed by atoms with Gasteiger partial charge in [-0.15, -0.1) is 13.2 Å². The van der Waals surface area contributed by atoms with Crippen LogP contribution in [0.1, 0.15) is 23.7 Å². The van der Waals surface area contributed by atoms with E-state index in [9.17, 15) is 13.2 Å². The SMILES string of the molecule is FC(F)(F)OC1CCc2ccccc21. The fourth-order valence-electron chi connectivity index (χ4n) is 1.80. The molecule has 0 N–H and O–H groups in total. The number of aryl methyl sites for hydroxylation is 1. The van der Waals surface area contributed by atoms with Gasteiger partial charge in [0, 0.05) is 0 Å². The van der Waals surface area contributed by atoms with Crippen LogP contribution in [0.15, 0.2) is 24.3 Å². The van der Waals surface area contributed by atoms with Crippen LogP contribution >= 0.6 is 0 Å². The fraction of sp³-hybridized carbons (Fsp3) is 0.400. The van der Waals surface area contributed by atoms with Gasteiger partial charge in [-0.2, -0.15) is 0 Å². The summed E-state index contributed by atoms with van der Waals surface area (Å²) in [5.41, 5.74) is 1.63. The lowest BCUT2D eigenvalue weighted by molar-refractivity contribution is -0.344. The second kappa shape index (κ2) is 3.28. The highest BCUT2D eigenvalue weighted by Crippen LogP contribution is 2.37. The molecule has 0 spiro atoms. The number of rotatable bonds is 1. The Balaban J connectivity index is 2.18. The van der Waals surface area contributed by atoms with E-state index in [-0.39, 0.29) is 0 Å². The van der Waals surface area contributed by atoms with Crippen molar-refractivity contribution in [1.29, 1.82) is 0 Å². The Hall–Kier alpha value is -1.03. The van der Waals surface area contributed by atoms with Crippen molar-refractivity contribution in [3.05, 3.63) is 35.4 Å².